The van der Waals surface area contributed by atoms with Crippen LogP contribution in [0.4, 0.5) is 21.9 Å². The summed E-state index contributed by atoms with van der Waals surface area (Å²) in [6, 6.07) is 4.84. The summed E-state index contributed by atoms with van der Waals surface area (Å²) in [7, 11) is 2.01. The normalized spacial score (nSPS) is 20.1. The van der Waals surface area contributed by atoms with Crippen molar-refractivity contribution in [1.82, 2.24) is 25.8 Å². The van der Waals surface area contributed by atoms with Crippen molar-refractivity contribution in [3.63, 3.8) is 0 Å². The van der Waals surface area contributed by atoms with Crippen LogP contribution < -0.4 is 26.2 Å². The van der Waals surface area contributed by atoms with E-state index in [0.29, 0.717) is 30.4 Å². The molecule has 1 aromatic carbocycles. The highest BCUT2D eigenvalue weighted by Crippen LogP contribution is 2.33. The molecular weight excluding hydrogens is 498 g/mol. The van der Waals surface area contributed by atoms with E-state index in [2.05, 4.69) is 36.2 Å². The van der Waals surface area contributed by atoms with Crippen LogP contribution in [0.2, 0.25) is 0 Å². The van der Waals surface area contributed by atoms with Crippen molar-refractivity contribution in [3.05, 3.63) is 28.3 Å². The minimum absolute atomic E-state index is 0.0646. The maximum atomic E-state index is 12.1. The molecule has 0 radical (unpaired) electrons. The predicted octanol–water partition coefficient (Wildman–Crippen LogP) is 2.74. The molecule has 0 saturated carbocycles. The van der Waals surface area contributed by atoms with E-state index in [9.17, 15) is 19.7 Å². The number of amides is 3. The van der Waals surface area contributed by atoms with E-state index in [1.807, 2.05) is 18.8 Å². The zero-order chi connectivity index (χ0) is 26.6. The third-order valence-electron chi connectivity index (χ3n) is 6.49. The van der Waals surface area contributed by atoms with Crippen LogP contribution >= 0.6 is 11.8 Å². The molecule has 2 fully saturated rings. The first-order valence-corrected chi connectivity index (χ1v) is 13.7. The van der Waals surface area contributed by atoms with Gasteiger partial charge in [0.15, 0.2) is 10.8 Å². The molecule has 2 saturated heterocycles. The number of fused-ring (bicyclic) bond motifs is 1. The van der Waals surface area contributed by atoms with Gasteiger partial charge in [0.1, 0.15) is 11.2 Å². The summed E-state index contributed by atoms with van der Waals surface area (Å²) >= 11 is 1.90. The molecular formula is C23H36N9O4S+. The van der Waals surface area contributed by atoms with Crippen molar-refractivity contribution in [3.8, 4) is 0 Å². The molecule has 0 aliphatic carbocycles. The minimum atomic E-state index is -0.483. The third-order valence-corrected chi connectivity index (χ3v) is 8.00. The zero-order valence-electron chi connectivity index (χ0n) is 21.1. The number of rotatable bonds is 16. The number of hydrogen-bond acceptors (Lipinski definition) is 9. The molecule has 0 unspecified atom stereocenters. The largest absolute Gasteiger partial charge is 0.379 e. The van der Waals surface area contributed by atoms with Gasteiger partial charge in [0.2, 0.25) is 10.8 Å². The summed E-state index contributed by atoms with van der Waals surface area (Å²) in [4.78, 5) is 39.4. The van der Waals surface area contributed by atoms with Crippen molar-refractivity contribution >= 4 is 40.8 Å². The fraction of sp³-hybridized carbons (Fsp3) is 0.652. The molecule has 14 heteroatoms. The average Bonchev–Trinajstić information content (AvgIpc) is 3.42. The molecule has 2 heterocycles. The van der Waals surface area contributed by atoms with Gasteiger partial charge in [0, 0.05) is 30.5 Å². The maximum absolute atomic E-state index is 12.1. The Morgan fingerprint density at radius 1 is 1.27 bits per heavy atom. The van der Waals surface area contributed by atoms with Gasteiger partial charge in [-0.25, -0.2) is 4.79 Å². The van der Waals surface area contributed by atoms with Crippen molar-refractivity contribution in [1.29, 1.82) is 5.53 Å². The van der Waals surface area contributed by atoms with E-state index in [0.717, 1.165) is 50.9 Å². The van der Waals surface area contributed by atoms with Crippen LogP contribution in [0.5, 0.6) is 0 Å². The highest BCUT2D eigenvalue weighted by molar-refractivity contribution is 8.00. The van der Waals surface area contributed by atoms with Crippen LogP contribution in [0.15, 0.2) is 23.3 Å². The number of thioether (sulfide) groups is 1. The summed E-state index contributed by atoms with van der Waals surface area (Å²) in [5.74, 6) is 1.04. The van der Waals surface area contributed by atoms with Gasteiger partial charge in [-0.15, -0.1) is 0 Å². The lowest BCUT2D eigenvalue weighted by Gasteiger charge is -2.17. The van der Waals surface area contributed by atoms with E-state index >= 15 is 0 Å². The molecule has 2 aliphatic rings. The monoisotopic (exact) mass is 534 g/mol. The molecule has 3 amide bonds. The van der Waals surface area contributed by atoms with Gasteiger partial charge >= 0.3 is 6.03 Å². The Morgan fingerprint density at radius 2 is 2.05 bits per heavy atom. The predicted molar refractivity (Wildman–Crippen MR) is 142 cm³/mol. The molecule has 3 atom stereocenters. The Kier molecular flexibility index (Phi) is 11.1. The molecule has 0 bridgehead atoms. The van der Waals surface area contributed by atoms with E-state index in [-0.39, 0.29) is 35.4 Å². The number of benzene rings is 1. The van der Waals surface area contributed by atoms with Gasteiger partial charge in [-0.05, 0) is 58.0 Å². The number of nitrogens with one attached hydrogen (secondary N) is 5. The van der Waals surface area contributed by atoms with E-state index < -0.39 is 4.92 Å². The second-order valence-electron chi connectivity index (χ2n) is 9.31. The first-order valence-electron chi connectivity index (χ1n) is 12.6. The molecule has 3 rings (SSSR count). The lowest BCUT2D eigenvalue weighted by molar-refractivity contribution is -0.383. The molecule has 0 aromatic heterocycles. The molecule has 2 aliphatic heterocycles. The number of hydrogen-bond donors (Lipinski definition) is 5. The van der Waals surface area contributed by atoms with Gasteiger partial charge < -0.3 is 26.2 Å². The van der Waals surface area contributed by atoms with Crippen molar-refractivity contribution in [2.45, 2.75) is 55.9 Å². The van der Waals surface area contributed by atoms with Gasteiger partial charge in [-0.3, -0.25) is 14.9 Å². The Labute approximate surface area is 220 Å². The van der Waals surface area contributed by atoms with Gasteiger partial charge in [0.05, 0.1) is 23.1 Å². The number of unbranched alkanes of at least 4 members (excludes halogenated alkanes) is 1. The number of anilines is 1. The summed E-state index contributed by atoms with van der Waals surface area (Å²) in [5, 5.41) is 27.3. The highest BCUT2D eigenvalue weighted by atomic mass is 32.2. The zero-order valence-corrected chi connectivity index (χ0v) is 21.9. The minimum Gasteiger partial charge on any atom is -0.379 e. The molecule has 13 nitrogen and oxygen atoms in total. The van der Waals surface area contributed by atoms with E-state index in [1.165, 1.54) is 6.07 Å². The van der Waals surface area contributed by atoms with Crippen molar-refractivity contribution < 1.29 is 14.5 Å². The number of nitro benzene ring substituents is 1. The Balaban J connectivity index is 1.20. The second kappa shape index (κ2) is 14.5. The van der Waals surface area contributed by atoms with Crippen molar-refractivity contribution in [2.75, 3.05) is 44.3 Å². The molecule has 5 N–H and O–H groups in total. The summed E-state index contributed by atoms with van der Waals surface area (Å²) in [6.07, 6.45) is 5.01. The SMILES string of the molecule is CN(CCCNC(=O)CCCC[C@@H]1SC[C@@H]2NC(=O)N[C@@H]21)CCCNc1ccc(N=[N+]=N)cc1[N+](=O)[O-]. The van der Waals surface area contributed by atoms with Crippen LogP contribution in [0, 0.1) is 15.6 Å². The van der Waals surface area contributed by atoms with E-state index in [4.69, 9.17) is 5.53 Å². The number of carbonyl (C=O) groups excluding carboxylic acids is 2. The highest BCUT2D eigenvalue weighted by Gasteiger charge is 2.42. The van der Waals surface area contributed by atoms with Crippen LogP contribution in [-0.2, 0) is 4.79 Å². The fourth-order valence-corrected chi connectivity index (χ4v) is 6.11. The van der Waals surface area contributed by atoms with Crippen LogP contribution in [0.1, 0.15) is 38.5 Å². The lowest BCUT2D eigenvalue weighted by Crippen LogP contribution is -2.36. The lowest BCUT2D eigenvalue weighted by atomic mass is 10.0. The molecule has 202 valence electrons. The molecule has 37 heavy (non-hydrogen) atoms. The van der Waals surface area contributed by atoms with Crippen LogP contribution in [0.3, 0.4) is 0 Å². The summed E-state index contributed by atoms with van der Waals surface area (Å²) in [6.45, 7) is 2.87. The number of nitro groups is 1. The quantitative estimate of drug-likeness (QED) is 0.0540. The first kappa shape index (κ1) is 28.4. The first-order chi connectivity index (χ1) is 17.9. The van der Waals surface area contributed by atoms with Crippen molar-refractivity contribution in [2.24, 2.45) is 5.11 Å². The Bertz CT molecular complexity index is 1000. The summed E-state index contributed by atoms with van der Waals surface area (Å²) < 4.78 is 0. The Hall–Kier alpha value is -3.22. The number of urea groups is 1. The van der Waals surface area contributed by atoms with Gasteiger partial charge in [-0.1, -0.05) is 6.42 Å². The van der Waals surface area contributed by atoms with Crippen LogP contribution in [0.25, 0.3) is 0 Å². The standard InChI is InChI=1S/C23H35N9O4S/c1-31(12-4-10-25-17-9-8-16(29-30-24)14-19(17)32(35)36)13-5-11-26-21(33)7-3-2-6-20-22-18(15-37-20)27-23(34)28-22/h8-9,14,18,20,22,24H,2-7,10-13,15H2,1H3,(H3,26,27,28,33,34)/p+1/t18-,20-,22-/m0/s1. The molecule has 1 aromatic rings. The Morgan fingerprint density at radius 3 is 2.81 bits per heavy atom. The summed E-state index contributed by atoms with van der Waals surface area (Å²) in [5.41, 5.74) is 7.32. The second-order valence-corrected chi connectivity index (χ2v) is 10.6. The van der Waals surface area contributed by atoms with E-state index in [1.54, 1.807) is 12.1 Å². The third kappa shape index (κ3) is 8.99. The van der Waals surface area contributed by atoms with Gasteiger partial charge in [0.25, 0.3) is 5.69 Å². The number of nitrogens with zero attached hydrogens (tertiary/aromatic N) is 4. The molecule has 0 spiro atoms. The van der Waals surface area contributed by atoms with Gasteiger partial charge in [-0.2, -0.15) is 11.8 Å². The topological polar surface area (TPSA) is 179 Å². The average molecular weight is 535 g/mol. The number of carbonyl (C=O) groups is 2. The fourth-order valence-electron chi connectivity index (χ4n) is 4.56. The van der Waals surface area contributed by atoms with Crippen LogP contribution in [-0.4, -0.2) is 78.1 Å². The smallest absolute Gasteiger partial charge is 0.315 e. The maximum Gasteiger partial charge on any atom is 0.315 e.